The van der Waals surface area contributed by atoms with E-state index in [2.05, 4.69) is 64.2 Å². The smallest absolute Gasteiger partial charge is 0.344 e. The third kappa shape index (κ3) is 4.59. The molecular weight excluding hydrogens is 709 g/mol. The molecule has 296 valence electrons. The molecule has 2 aromatic carbocycles. The van der Waals surface area contributed by atoms with E-state index < -0.39 is 45.9 Å². The summed E-state index contributed by atoms with van der Waals surface area (Å²) >= 11 is 0. The van der Waals surface area contributed by atoms with Crippen LogP contribution in [-0.2, 0) is 41.2 Å². The quantitative estimate of drug-likeness (QED) is 0.246. The number of aliphatic hydroxyl groups is 1. The van der Waals surface area contributed by atoms with E-state index in [1.165, 1.54) is 19.6 Å². The van der Waals surface area contributed by atoms with Gasteiger partial charge < -0.3 is 29.2 Å². The van der Waals surface area contributed by atoms with Crippen molar-refractivity contribution in [3.63, 3.8) is 0 Å². The number of carbonyl (C=O) groups excluding carboxylic acids is 3. The molecule has 1 saturated carbocycles. The van der Waals surface area contributed by atoms with Crippen LogP contribution in [0, 0.1) is 11.3 Å². The number of Topliss-reactive ketones (excluding diaryl/α,β-unsaturated/α-hetero) is 1. The molecule has 2 N–H and O–H groups in total. The second-order valence-corrected chi connectivity index (χ2v) is 17.2. The number of methoxy groups -OCH3 is 2. The van der Waals surface area contributed by atoms with Crippen molar-refractivity contribution >= 4 is 34.3 Å². The van der Waals surface area contributed by atoms with Crippen LogP contribution >= 0.6 is 0 Å². The molecule has 11 heteroatoms. The Labute approximate surface area is 328 Å². The number of hydrogen-bond acceptors (Lipinski definition) is 10. The minimum absolute atomic E-state index is 0.0237. The third-order valence-electron chi connectivity index (χ3n) is 14.8. The molecule has 9 rings (SSSR count). The minimum Gasteiger partial charge on any atom is -0.496 e. The summed E-state index contributed by atoms with van der Waals surface area (Å²) in [5, 5.41) is 14.4. The fraction of sp³-hybridized carbons (Fsp3) is 0.533. The average molecular weight is 763 g/mol. The molecule has 9 atom stereocenters. The SMILES string of the molecule is CCC1=CC2CN(C1)Cc1c([nH]c3ccccc13)[C@@](C(C)=O)(c1cc3c(cc1OC)N(C)[C@@H]1C34CCN3CC=C[C@](CC)([C@H]34)[C@@H](OC(C)=O)[C@@]1(O)C(=O)OC)C2. The number of ketones is 1. The zero-order valence-electron chi connectivity index (χ0n) is 33.6. The van der Waals surface area contributed by atoms with Gasteiger partial charge >= 0.3 is 11.9 Å². The van der Waals surface area contributed by atoms with Crippen molar-refractivity contribution in [3.8, 4) is 5.75 Å². The number of benzene rings is 2. The molecule has 6 heterocycles. The Kier molecular flexibility index (Phi) is 8.48. The molecule has 6 aliphatic rings. The molecule has 3 aromatic rings. The van der Waals surface area contributed by atoms with Gasteiger partial charge in [-0.3, -0.25) is 19.4 Å². The van der Waals surface area contributed by atoms with Crippen molar-refractivity contribution in [3.05, 3.63) is 82.6 Å². The molecule has 1 spiro atoms. The van der Waals surface area contributed by atoms with Gasteiger partial charge in [0.1, 0.15) is 11.5 Å². The molecule has 11 nitrogen and oxygen atoms in total. The Bertz CT molecular complexity index is 2230. The molecule has 2 fully saturated rings. The summed E-state index contributed by atoms with van der Waals surface area (Å²) in [5.74, 6) is -0.721. The third-order valence-corrected chi connectivity index (χ3v) is 14.8. The maximum Gasteiger partial charge on any atom is 0.344 e. The van der Waals surface area contributed by atoms with Crippen LogP contribution < -0.4 is 9.64 Å². The second-order valence-electron chi connectivity index (χ2n) is 17.2. The topological polar surface area (TPSA) is 125 Å². The highest BCUT2D eigenvalue weighted by atomic mass is 16.6. The predicted octanol–water partition coefficient (Wildman–Crippen LogP) is 5.17. The summed E-state index contributed by atoms with van der Waals surface area (Å²) in [6.45, 7) is 11.1. The summed E-state index contributed by atoms with van der Waals surface area (Å²) in [5.41, 5.74) is 1.81. The maximum atomic E-state index is 15.0. The first kappa shape index (κ1) is 37.1. The summed E-state index contributed by atoms with van der Waals surface area (Å²) < 4.78 is 18.0. The fourth-order valence-electron chi connectivity index (χ4n) is 12.9. The number of anilines is 1. The van der Waals surface area contributed by atoms with Gasteiger partial charge in [0.15, 0.2) is 6.10 Å². The van der Waals surface area contributed by atoms with Gasteiger partial charge in [0.05, 0.1) is 25.7 Å². The predicted molar refractivity (Wildman–Crippen MR) is 213 cm³/mol. The maximum absolute atomic E-state index is 15.0. The number of hydrogen-bond donors (Lipinski definition) is 2. The summed E-state index contributed by atoms with van der Waals surface area (Å²) in [6, 6.07) is 11.4. The Morgan fingerprint density at radius 2 is 1.82 bits per heavy atom. The van der Waals surface area contributed by atoms with Gasteiger partial charge in [0.2, 0.25) is 5.60 Å². The van der Waals surface area contributed by atoms with E-state index in [1.54, 1.807) is 14.0 Å². The fourth-order valence-corrected chi connectivity index (χ4v) is 12.9. The highest BCUT2D eigenvalue weighted by Gasteiger charge is 2.80. The monoisotopic (exact) mass is 762 g/mol. The van der Waals surface area contributed by atoms with E-state index in [-0.39, 0.29) is 17.7 Å². The molecular formula is C45H54N4O7. The van der Waals surface area contributed by atoms with Gasteiger partial charge in [-0.05, 0) is 68.3 Å². The number of rotatable bonds is 7. The highest BCUT2D eigenvalue weighted by Crippen LogP contribution is 2.68. The number of fused-ring (bicyclic) bond motifs is 6. The van der Waals surface area contributed by atoms with Crippen LogP contribution in [0.5, 0.6) is 5.75 Å². The van der Waals surface area contributed by atoms with Crippen LogP contribution in [0.15, 0.2) is 60.2 Å². The minimum atomic E-state index is -2.25. The lowest BCUT2D eigenvalue weighted by molar-refractivity contribution is -0.228. The number of nitrogens with zero attached hydrogens (tertiary/aromatic N) is 3. The largest absolute Gasteiger partial charge is 0.496 e. The lowest BCUT2D eigenvalue weighted by atomic mass is 9.47. The van der Waals surface area contributed by atoms with Crippen molar-refractivity contribution in [2.75, 3.05) is 52.3 Å². The average Bonchev–Trinajstić information content (AvgIpc) is 3.84. The number of carbonyl (C=O) groups is 3. The number of likely N-dealkylation sites (N-methyl/N-ethyl adjacent to an activating group) is 1. The lowest BCUT2D eigenvalue weighted by Gasteiger charge is -2.63. The molecule has 1 aromatic heterocycles. The van der Waals surface area contributed by atoms with Crippen LogP contribution in [0.3, 0.4) is 0 Å². The van der Waals surface area contributed by atoms with Crippen LogP contribution in [0.4, 0.5) is 5.69 Å². The van der Waals surface area contributed by atoms with Crippen LogP contribution in [0.2, 0.25) is 0 Å². The Balaban J connectivity index is 1.36. The molecule has 2 bridgehead atoms. The normalized spacial score (nSPS) is 35.4. The van der Waals surface area contributed by atoms with Crippen LogP contribution in [0.25, 0.3) is 10.9 Å². The number of esters is 2. The molecule has 3 unspecified atom stereocenters. The summed E-state index contributed by atoms with van der Waals surface area (Å²) in [7, 11) is 4.83. The molecule has 56 heavy (non-hydrogen) atoms. The molecule has 0 radical (unpaired) electrons. The van der Waals surface area contributed by atoms with Gasteiger partial charge in [-0.25, -0.2) is 4.79 Å². The van der Waals surface area contributed by atoms with Crippen molar-refractivity contribution in [1.29, 1.82) is 0 Å². The zero-order chi connectivity index (χ0) is 39.5. The number of ether oxygens (including phenoxy) is 3. The lowest BCUT2D eigenvalue weighted by Crippen LogP contribution is -2.81. The Morgan fingerprint density at radius 1 is 1.04 bits per heavy atom. The van der Waals surface area contributed by atoms with Gasteiger partial charge in [0.25, 0.3) is 0 Å². The molecule has 5 aliphatic heterocycles. The number of aromatic amines is 1. The van der Waals surface area contributed by atoms with Crippen molar-refractivity contribution in [2.24, 2.45) is 11.3 Å². The van der Waals surface area contributed by atoms with E-state index in [4.69, 9.17) is 14.2 Å². The standard InChI is InChI=1S/C45H54N4O7/c1-8-28-19-29-22-44(26(3)50,37-31(25-48(23-28)24-29)30-13-10-11-14-34(30)46-37)33-20-32-35(21-36(33)54-6)47(5)39-43(32)16-18-49-17-12-15-42(9-2,38(43)49)40(56-27(4)51)45(39,53)41(52)55-7/h10-15,19-21,29,38-40,46,53H,8-9,16-18,22-25H2,1-7H3/t29?,38-,39+,40+,42+,43?,44-,45+/m0/s1. The van der Waals surface area contributed by atoms with Crippen LogP contribution in [-0.4, -0.2) is 109 Å². The second kappa shape index (κ2) is 12.8. The number of nitrogens with one attached hydrogen (secondary N) is 1. The van der Waals surface area contributed by atoms with Crippen LogP contribution in [0.1, 0.15) is 75.8 Å². The van der Waals surface area contributed by atoms with E-state index in [9.17, 15) is 14.7 Å². The first-order valence-electron chi connectivity index (χ1n) is 20.2. The number of H-pyrrole nitrogens is 1. The van der Waals surface area contributed by atoms with E-state index in [0.717, 1.165) is 58.5 Å². The zero-order valence-corrected chi connectivity index (χ0v) is 33.6. The summed E-state index contributed by atoms with van der Waals surface area (Å²) in [4.78, 5) is 53.1. The number of para-hydroxylation sites is 1. The molecule has 0 amide bonds. The van der Waals surface area contributed by atoms with Crippen molar-refractivity contribution < 1.29 is 33.7 Å². The van der Waals surface area contributed by atoms with Gasteiger partial charge in [-0.2, -0.15) is 0 Å². The molecule has 1 saturated heterocycles. The van der Waals surface area contributed by atoms with E-state index in [0.29, 0.717) is 44.6 Å². The first-order valence-corrected chi connectivity index (χ1v) is 20.2. The van der Waals surface area contributed by atoms with Gasteiger partial charge in [0, 0.05) is 90.9 Å². The Hall–Kier alpha value is -4.45. The van der Waals surface area contributed by atoms with E-state index >= 15 is 4.79 Å². The van der Waals surface area contributed by atoms with Crippen molar-refractivity contribution in [2.45, 2.75) is 94.5 Å². The Morgan fingerprint density at radius 3 is 2.52 bits per heavy atom. The summed E-state index contributed by atoms with van der Waals surface area (Å²) in [6.07, 6.45) is 7.95. The van der Waals surface area contributed by atoms with E-state index in [1.807, 2.05) is 31.0 Å². The van der Waals surface area contributed by atoms with Gasteiger partial charge in [-0.15, -0.1) is 0 Å². The molecule has 1 aliphatic carbocycles. The highest BCUT2D eigenvalue weighted by molar-refractivity contribution is 5.97. The van der Waals surface area contributed by atoms with Gasteiger partial charge in [-0.1, -0.05) is 55.8 Å². The number of aromatic nitrogens is 1. The first-order chi connectivity index (χ1) is 26.8. The van der Waals surface area contributed by atoms with Crippen molar-refractivity contribution in [1.82, 2.24) is 14.8 Å².